The maximum absolute atomic E-state index is 12.7. The van der Waals surface area contributed by atoms with E-state index in [9.17, 15) is 67.7 Å². The number of ether oxygens (including phenoxy) is 1. The number of aryl methyl sites for hydroxylation is 5. The quantitative estimate of drug-likeness (QED) is 0.00831. The van der Waals surface area contributed by atoms with Gasteiger partial charge in [0.2, 0.25) is 11.8 Å². The molecular weight excluding hydrogens is 1830 g/mol. The molecule has 0 saturated heterocycles. The van der Waals surface area contributed by atoms with Crippen molar-refractivity contribution in [1.29, 1.82) is 0 Å². The lowest BCUT2D eigenvalue weighted by atomic mass is 9.99. The Hall–Kier alpha value is -14.0. The SMILES string of the molecule is CC(=O)O.CC(=O)O.CC(C)C[C@H](N)C(=O)N[C@H](C(=O)N[C@@H](Cc1ccc(O)cc1)C(=O)O)C(C)C.CC(C)C[C@H](N)C(=O)O.CC(C)C[C@H](N)C(=O)OC(=O)[C@@H](N)CCCCN.CSCC[C@H](N)C(=O)O.Cc1cc(=O)oc2cc(N)ccc12.Cc1cc(=O)oc2cc(N)ccc12.Cc1cc(=O)oc2cc(N)ccc12.Cc1cc(=O)oc2cc(N)ccc12.Cc1cc(=O)oc2cc(N)ccc12.Cl. The fraction of sp³-hybridized carbons (Fsp3) is 0.381. The van der Waals surface area contributed by atoms with E-state index in [0.29, 0.717) is 106 Å². The van der Waals surface area contributed by atoms with Gasteiger partial charge in [-0.15, -0.1) is 12.4 Å². The number of carbonyl (C=O) groups excluding carboxylic acids is 4. The van der Waals surface area contributed by atoms with Crippen molar-refractivity contribution in [2.45, 2.75) is 198 Å². The van der Waals surface area contributed by atoms with Gasteiger partial charge in [-0.05, 0) is 222 Å². The minimum Gasteiger partial charge on any atom is -0.508 e. The molecule has 7 atom stereocenters. The molecule has 0 saturated carbocycles. The highest BCUT2D eigenvalue weighted by Gasteiger charge is 2.31. The summed E-state index contributed by atoms with van der Waals surface area (Å²) < 4.78 is 29.6. The van der Waals surface area contributed by atoms with Crippen LogP contribution in [0.2, 0.25) is 0 Å². The summed E-state index contributed by atoms with van der Waals surface area (Å²) in [5.74, 6) is -5.63. The number of amides is 2. The Morgan fingerprint density at radius 3 is 0.935 bits per heavy atom. The van der Waals surface area contributed by atoms with Crippen LogP contribution in [0.3, 0.4) is 0 Å². The number of phenolic OH excluding ortho intramolecular Hbond substituents is 1. The molecule has 0 unspecified atom stereocenters. The number of unbranched alkanes of at least 4 members (excludes halogenated alkanes) is 1. The van der Waals surface area contributed by atoms with E-state index in [-0.39, 0.29) is 70.5 Å². The lowest BCUT2D eigenvalue weighted by Gasteiger charge is -2.25. The van der Waals surface area contributed by atoms with E-state index in [0.717, 1.165) is 87.2 Å². The van der Waals surface area contributed by atoms with E-state index in [2.05, 4.69) is 15.4 Å². The van der Waals surface area contributed by atoms with Crippen molar-refractivity contribution in [1.82, 2.24) is 10.6 Å². The van der Waals surface area contributed by atoms with Gasteiger partial charge in [0.1, 0.15) is 69.9 Å². The van der Waals surface area contributed by atoms with Gasteiger partial charge in [-0.1, -0.05) is 73.9 Å². The summed E-state index contributed by atoms with van der Waals surface area (Å²) in [5.41, 5.74) is 69.9. The average molecular weight is 1970 g/mol. The maximum atomic E-state index is 12.7. The monoisotopic (exact) mass is 1960 g/mol. The summed E-state index contributed by atoms with van der Waals surface area (Å²) in [7, 11) is 0. The van der Waals surface area contributed by atoms with Crippen LogP contribution >= 0.6 is 24.2 Å². The van der Waals surface area contributed by atoms with Gasteiger partial charge in [0.05, 0.1) is 6.04 Å². The number of rotatable bonds is 25. The van der Waals surface area contributed by atoms with Crippen LogP contribution in [0, 0.1) is 58.3 Å². The molecule has 39 nitrogen and oxygen atoms in total. The fourth-order valence-electron chi connectivity index (χ4n) is 11.9. The second-order valence-electron chi connectivity index (χ2n) is 33.0. The number of anilines is 5. The first-order valence-electron chi connectivity index (χ1n) is 43.1. The molecule has 0 aliphatic carbocycles. The van der Waals surface area contributed by atoms with E-state index in [4.69, 9.17) is 115 Å². The molecule has 0 fully saturated rings. The second kappa shape index (κ2) is 63.3. The molecule has 0 spiro atoms. The molecule has 11 rings (SSSR count). The number of thioether (sulfide) groups is 1. The lowest BCUT2D eigenvalue weighted by Crippen LogP contribution is -2.56. The van der Waals surface area contributed by atoms with Crippen LogP contribution < -0.4 is 102 Å². The number of nitrogens with two attached hydrogens (primary N) is 11. The Kier molecular flexibility index (Phi) is 56.9. The summed E-state index contributed by atoms with van der Waals surface area (Å²) >= 11 is 1.60. The summed E-state index contributed by atoms with van der Waals surface area (Å²) in [6, 6.07) is 34.2. The van der Waals surface area contributed by atoms with E-state index in [1.165, 1.54) is 42.5 Å². The van der Waals surface area contributed by atoms with Crippen molar-refractivity contribution in [3.8, 4) is 5.75 Å². The van der Waals surface area contributed by atoms with E-state index >= 15 is 0 Å². The van der Waals surface area contributed by atoms with Gasteiger partial charge in [0.15, 0.2) is 0 Å². The van der Waals surface area contributed by atoms with Crippen LogP contribution in [0.4, 0.5) is 28.4 Å². The average Bonchev–Trinajstić information content (AvgIpc) is 0.830. The van der Waals surface area contributed by atoms with Gasteiger partial charge in [0, 0.05) is 136 Å². The minimum absolute atomic E-state index is 0. The smallest absolute Gasteiger partial charge is 0.336 e. The molecule has 41 heteroatoms. The zero-order valence-corrected chi connectivity index (χ0v) is 81.9. The molecule has 0 aliphatic rings. The number of hydrogen-bond donors (Lipinski definition) is 19. The first-order chi connectivity index (χ1) is 63.9. The first kappa shape index (κ1) is 124. The third-order valence-electron chi connectivity index (χ3n) is 18.7. The number of benzene rings is 6. The molecule has 5 heterocycles. The number of esters is 2. The number of halogens is 1. The molecule has 0 aliphatic heterocycles. The number of carbonyl (C=O) groups is 9. The van der Waals surface area contributed by atoms with Crippen LogP contribution in [0.5, 0.6) is 5.75 Å². The van der Waals surface area contributed by atoms with Crippen molar-refractivity contribution >= 4 is 161 Å². The first-order valence-corrected chi connectivity index (χ1v) is 44.5. The molecule has 30 N–H and O–H groups in total. The highest BCUT2D eigenvalue weighted by molar-refractivity contribution is 7.98. The molecule has 6 aromatic carbocycles. The summed E-state index contributed by atoms with van der Waals surface area (Å²) in [5, 5.41) is 59.9. The van der Waals surface area contributed by atoms with E-state index < -0.39 is 95.9 Å². The Morgan fingerprint density at radius 2 is 0.674 bits per heavy atom. The Morgan fingerprint density at radius 1 is 0.384 bits per heavy atom. The number of nitrogens with one attached hydrogen (secondary N) is 2. The summed E-state index contributed by atoms with van der Waals surface area (Å²) in [4.78, 5) is 153. The van der Waals surface area contributed by atoms with Crippen molar-refractivity contribution in [3.63, 3.8) is 0 Å². The van der Waals surface area contributed by atoms with Crippen LogP contribution in [0.1, 0.15) is 148 Å². The van der Waals surface area contributed by atoms with Gasteiger partial charge in [-0.3, -0.25) is 28.8 Å². The van der Waals surface area contributed by atoms with Crippen molar-refractivity contribution < 1.29 is 101 Å². The predicted molar refractivity (Wildman–Crippen MR) is 541 cm³/mol. The second-order valence-corrected chi connectivity index (χ2v) is 33.9. The highest BCUT2D eigenvalue weighted by atomic mass is 35.5. The minimum atomic E-state index is -1.19. The topological polar surface area (TPSA) is 746 Å². The van der Waals surface area contributed by atoms with Gasteiger partial charge in [-0.2, -0.15) is 11.8 Å². The zero-order valence-electron chi connectivity index (χ0n) is 80.3. The van der Waals surface area contributed by atoms with Crippen LogP contribution in [0.25, 0.3) is 54.8 Å². The molecule has 5 aromatic heterocycles. The van der Waals surface area contributed by atoms with Crippen molar-refractivity contribution in [2.24, 2.45) is 58.1 Å². The van der Waals surface area contributed by atoms with Gasteiger partial charge in [0.25, 0.3) is 11.9 Å². The zero-order chi connectivity index (χ0) is 105. The summed E-state index contributed by atoms with van der Waals surface area (Å²) in [6.07, 6.45) is 6.03. The standard InChI is InChI=1S/C20H31N3O5.C12H25N3O3.5C10H9NO2.C6H13NO2.C5H11NO2S.2C2H4O2.ClH/c1-11(2)9-15(21)18(25)23-17(12(3)4)19(26)22-16(20(27)28)10-13-5-7-14(24)8-6-13;1-8(2)7-10(15)12(17)18-11(16)9(14)5-3-4-6-13;5*1-6-4-10(12)13-9-5-7(11)2-3-8(6)9;1-4(2)3-5(7)6(8)9;1-9-3-2-4(6)5(7)8;2*1-2(3)4;/h5-8,11-12,15-17,24H,9-10,21H2,1-4H3,(H,22,26)(H,23,25)(H,27,28);8-10H,3-7,13-15H2,1-2H3;5*2-5H,11H2,1H3;4-5H,3,7H2,1-2H3,(H,8,9);4H,2-3,6H2,1H3,(H,7,8);2*1H3,(H,3,4);1H/t15-,16-,17-;9-,10-;;;;;;5-;4-;;;/m00.....00.../s1. The van der Waals surface area contributed by atoms with Crippen LogP contribution in [0.15, 0.2) is 192 Å². The molecule has 0 bridgehead atoms. The molecular formula is C97H134ClN13O26S. The van der Waals surface area contributed by atoms with Gasteiger partial charge >= 0.3 is 58.0 Å². The Balaban J connectivity index is 0.00000154. The van der Waals surface area contributed by atoms with E-state index in [1.807, 2.05) is 113 Å². The number of aliphatic carboxylic acids is 5. The lowest BCUT2D eigenvalue weighted by molar-refractivity contribution is -0.162. The maximum Gasteiger partial charge on any atom is 0.336 e. The predicted octanol–water partition coefficient (Wildman–Crippen LogP) is 10.5. The molecule has 0 radical (unpaired) electrons. The third kappa shape index (κ3) is 49.5. The van der Waals surface area contributed by atoms with Crippen molar-refractivity contribution in [2.75, 3.05) is 47.2 Å². The molecule has 756 valence electrons. The number of hydrogen-bond acceptors (Lipinski definition) is 33. The Labute approximate surface area is 807 Å². The van der Waals surface area contributed by atoms with E-state index in [1.54, 1.807) is 98.4 Å². The number of carboxylic acids is 5. The summed E-state index contributed by atoms with van der Waals surface area (Å²) in [6.45, 7) is 27.3. The van der Waals surface area contributed by atoms with Gasteiger partial charge < -0.3 is 131 Å². The number of carboxylic acid groups (broad SMARTS) is 5. The third-order valence-corrected chi connectivity index (χ3v) is 19.3. The number of nitrogen functional groups attached to an aromatic ring is 5. The number of fused-ring (bicyclic) bond motifs is 5. The van der Waals surface area contributed by atoms with Gasteiger partial charge in [-0.25, -0.2) is 38.4 Å². The van der Waals surface area contributed by atoms with Crippen LogP contribution in [-0.4, -0.2) is 145 Å². The normalized spacial score (nSPS) is 11.9. The molecule has 2 amide bonds. The largest absolute Gasteiger partial charge is 0.508 e. The number of aromatic hydroxyl groups is 1. The number of phenols is 1. The molecule has 138 heavy (non-hydrogen) atoms. The Bertz CT molecular complexity index is 5520. The van der Waals surface area contributed by atoms with Crippen molar-refractivity contribution in [3.05, 3.63) is 231 Å². The van der Waals surface area contributed by atoms with Crippen LogP contribution in [-0.2, 0) is 54.3 Å². The molecule has 11 aromatic rings. The highest BCUT2D eigenvalue weighted by Crippen LogP contribution is 2.24. The fourth-order valence-corrected chi connectivity index (χ4v) is 12.4.